The number of rotatable bonds is 6. The third-order valence-electron chi connectivity index (χ3n) is 4.41. The largest absolute Gasteiger partial charge is 0.373 e. The quantitative estimate of drug-likeness (QED) is 0.820. The molecule has 0 amide bonds. The maximum Gasteiger partial charge on any atom is 0.0991 e. The summed E-state index contributed by atoms with van der Waals surface area (Å²) < 4.78 is 6.21. The molecule has 2 aromatic rings. The van der Waals surface area contributed by atoms with Crippen LogP contribution in [0, 0.1) is 11.3 Å². The molecular formula is C20H23N3O. The summed E-state index contributed by atoms with van der Waals surface area (Å²) in [7, 11) is 2.13. The van der Waals surface area contributed by atoms with Crippen LogP contribution in [-0.2, 0) is 17.7 Å². The van der Waals surface area contributed by atoms with E-state index in [0.29, 0.717) is 0 Å². The lowest BCUT2D eigenvalue weighted by Gasteiger charge is -2.21. The number of hydrogen-bond donors (Lipinski definition) is 0. The highest BCUT2D eigenvalue weighted by Gasteiger charge is 2.26. The topological polar surface area (TPSA) is 49.2 Å². The van der Waals surface area contributed by atoms with Crippen LogP contribution in [0.5, 0.6) is 0 Å². The first-order valence-electron chi connectivity index (χ1n) is 8.45. The molecule has 1 aliphatic heterocycles. The Morgan fingerprint density at radius 2 is 2.04 bits per heavy atom. The predicted octanol–water partition coefficient (Wildman–Crippen LogP) is 3.18. The second-order valence-electron chi connectivity index (χ2n) is 6.53. The molecule has 1 saturated heterocycles. The van der Waals surface area contributed by atoms with Crippen LogP contribution in [0.2, 0.25) is 0 Å². The zero-order valence-electron chi connectivity index (χ0n) is 14.1. The first-order valence-corrected chi connectivity index (χ1v) is 8.45. The van der Waals surface area contributed by atoms with E-state index in [4.69, 9.17) is 10.00 Å². The van der Waals surface area contributed by atoms with E-state index >= 15 is 0 Å². The third-order valence-corrected chi connectivity index (χ3v) is 4.41. The van der Waals surface area contributed by atoms with Gasteiger partial charge in [-0.3, -0.25) is 9.88 Å². The third kappa shape index (κ3) is 4.64. The average Bonchev–Trinajstić information content (AvgIpc) is 3.02. The van der Waals surface area contributed by atoms with E-state index in [1.165, 1.54) is 11.1 Å². The second kappa shape index (κ2) is 8.05. The fourth-order valence-electron chi connectivity index (χ4n) is 3.31. The Labute approximate surface area is 143 Å². The predicted molar refractivity (Wildman–Crippen MR) is 93.3 cm³/mol. The van der Waals surface area contributed by atoms with E-state index in [-0.39, 0.29) is 12.2 Å². The van der Waals surface area contributed by atoms with Crippen molar-refractivity contribution in [3.05, 3.63) is 65.5 Å². The summed E-state index contributed by atoms with van der Waals surface area (Å²) in [4.78, 5) is 6.45. The van der Waals surface area contributed by atoms with Crippen molar-refractivity contribution < 1.29 is 4.74 Å². The minimum Gasteiger partial charge on any atom is -0.373 e. The van der Waals surface area contributed by atoms with Crippen LogP contribution in [0.4, 0.5) is 0 Å². The zero-order chi connectivity index (χ0) is 16.8. The number of nitriles is 1. The Morgan fingerprint density at radius 3 is 2.83 bits per heavy atom. The molecule has 4 heteroatoms. The normalized spacial score (nSPS) is 20.2. The van der Waals surface area contributed by atoms with Crippen LogP contribution in [-0.4, -0.2) is 35.7 Å². The van der Waals surface area contributed by atoms with Crippen molar-refractivity contribution in [2.75, 3.05) is 13.6 Å². The van der Waals surface area contributed by atoms with Crippen LogP contribution < -0.4 is 0 Å². The van der Waals surface area contributed by atoms with Gasteiger partial charge in [0.2, 0.25) is 0 Å². The summed E-state index contributed by atoms with van der Waals surface area (Å²) in [5.41, 5.74) is 3.13. The number of likely N-dealkylation sites (N-methyl/N-ethyl adjacent to an activating group) is 1. The summed E-state index contributed by atoms with van der Waals surface area (Å²) >= 11 is 0. The van der Waals surface area contributed by atoms with Crippen molar-refractivity contribution in [1.82, 2.24) is 9.88 Å². The molecule has 0 saturated carbocycles. The molecular weight excluding hydrogens is 298 g/mol. The van der Waals surface area contributed by atoms with Gasteiger partial charge in [0.15, 0.2) is 0 Å². The molecule has 1 fully saturated rings. The van der Waals surface area contributed by atoms with Crippen LogP contribution >= 0.6 is 0 Å². The summed E-state index contributed by atoms with van der Waals surface area (Å²) in [6.07, 6.45) is 7.33. The molecule has 3 rings (SSSR count). The maximum absolute atomic E-state index is 8.99. The van der Waals surface area contributed by atoms with Crippen molar-refractivity contribution in [3.63, 3.8) is 0 Å². The average molecular weight is 321 g/mol. The van der Waals surface area contributed by atoms with Gasteiger partial charge in [0.1, 0.15) is 0 Å². The fraction of sp³-hybridized carbons (Fsp3) is 0.400. The molecule has 4 nitrogen and oxygen atoms in total. The highest BCUT2D eigenvalue weighted by atomic mass is 16.5. The van der Waals surface area contributed by atoms with E-state index in [9.17, 15) is 0 Å². The van der Waals surface area contributed by atoms with Gasteiger partial charge in [0.25, 0.3) is 0 Å². The van der Waals surface area contributed by atoms with E-state index in [2.05, 4.69) is 35.1 Å². The van der Waals surface area contributed by atoms with E-state index in [0.717, 1.165) is 37.9 Å². The molecule has 2 atom stereocenters. The molecule has 124 valence electrons. The highest BCUT2D eigenvalue weighted by molar-refractivity contribution is 5.33. The van der Waals surface area contributed by atoms with E-state index < -0.39 is 0 Å². The monoisotopic (exact) mass is 321 g/mol. The van der Waals surface area contributed by atoms with Gasteiger partial charge in [0, 0.05) is 25.5 Å². The molecule has 24 heavy (non-hydrogen) atoms. The molecule has 0 N–H and O–H groups in total. The maximum atomic E-state index is 8.99. The number of nitrogens with zero attached hydrogens (tertiary/aromatic N) is 3. The molecule has 0 bridgehead atoms. The highest BCUT2D eigenvalue weighted by Crippen LogP contribution is 2.24. The summed E-state index contributed by atoms with van der Waals surface area (Å²) in [6.45, 7) is 1.83. The molecule has 1 aromatic carbocycles. The zero-order valence-corrected chi connectivity index (χ0v) is 14.1. The van der Waals surface area contributed by atoms with Crippen molar-refractivity contribution in [2.45, 2.75) is 38.0 Å². The van der Waals surface area contributed by atoms with Crippen LogP contribution in [0.15, 0.2) is 48.8 Å². The standard InChI is InChI=1S/C20H23N3O/c1-23(14-18-6-3-9-22-13-18)15-20-8-7-19(24-20)11-16-4-2-5-17(10-16)12-21/h2-6,9-10,13,19-20H,7-8,11,14-15H2,1H3/t19-,20+/m0/s1. The Balaban J connectivity index is 1.47. The second-order valence-corrected chi connectivity index (χ2v) is 6.53. The minimum absolute atomic E-state index is 0.260. The van der Waals surface area contributed by atoms with Gasteiger partial charge >= 0.3 is 0 Å². The van der Waals surface area contributed by atoms with Crippen molar-refractivity contribution in [2.24, 2.45) is 0 Å². The number of benzene rings is 1. The van der Waals surface area contributed by atoms with E-state index in [1.807, 2.05) is 30.5 Å². The number of hydrogen-bond acceptors (Lipinski definition) is 4. The summed E-state index contributed by atoms with van der Waals surface area (Å²) in [5, 5.41) is 8.99. The van der Waals surface area contributed by atoms with Gasteiger partial charge in [-0.25, -0.2) is 0 Å². The number of pyridine rings is 1. The van der Waals surface area contributed by atoms with Gasteiger partial charge < -0.3 is 4.74 Å². The Bertz CT molecular complexity index is 696. The Hall–Kier alpha value is -2.22. The van der Waals surface area contributed by atoms with Crippen LogP contribution in [0.25, 0.3) is 0 Å². The van der Waals surface area contributed by atoms with Crippen molar-refractivity contribution in [3.8, 4) is 6.07 Å². The lowest BCUT2D eigenvalue weighted by atomic mass is 10.0. The lowest BCUT2D eigenvalue weighted by Crippen LogP contribution is -2.29. The molecule has 2 heterocycles. The molecule has 0 unspecified atom stereocenters. The van der Waals surface area contributed by atoms with Crippen molar-refractivity contribution in [1.29, 1.82) is 5.26 Å². The first kappa shape index (κ1) is 16.6. The molecule has 0 aliphatic carbocycles. The van der Waals surface area contributed by atoms with Gasteiger partial charge in [-0.15, -0.1) is 0 Å². The van der Waals surface area contributed by atoms with Gasteiger partial charge in [0.05, 0.1) is 23.8 Å². The minimum atomic E-state index is 0.260. The smallest absolute Gasteiger partial charge is 0.0991 e. The fourth-order valence-corrected chi connectivity index (χ4v) is 3.31. The summed E-state index contributed by atoms with van der Waals surface area (Å²) in [6, 6.07) is 14.1. The lowest BCUT2D eigenvalue weighted by molar-refractivity contribution is 0.0267. The SMILES string of the molecule is CN(Cc1cccnc1)C[C@H]1CC[C@@H](Cc2cccc(C#N)c2)O1. The van der Waals surface area contributed by atoms with Crippen molar-refractivity contribution >= 4 is 0 Å². The first-order chi connectivity index (χ1) is 11.7. The Kier molecular flexibility index (Phi) is 5.58. The molecule has 1 aromatic heterocycles. The molecule has 0 spiro atoms. The van der Waals surface area contributed by atoms with Crippen LogP contribution in [0.3, 0.4) is 0 Å². The Morgan fingerprint density at radius 1 is 1.21 bits per heavy atom. The van der Waals surface area contributed by atoms with E-state index in [1.54, 1.807) is 6.20 Å². The summed E-state index contributed by atoms with van der Waals surface area (Å²) in [5.74, 6) is 0. The van der Waals surface area contributed by atoms with Crippen LogP contribution in [0.1, 0.15) is 29.5 Å². The molecule has 0 radical (unpaired) electrons. The van der Waals surface area contributed by atoms with Gasteiger partial charge in [-0.1, -0.05) is 18.2 Å². The number of aromatic nitrogens is 1. The molecule has 1 aliphatic rings. The number of ether oxygens (including phenoxy) is 1. The van der Waals surface area contributed by atoms with Gasteiger partial charge in [-0.2, -0.15) is 5.26 Å². The van der Waals surface area contributed by atoms with Gasteiger partial charge in [-0.05, 0) is 55.6 Å².